The Morgan fingerprint density at radius 3 is 2.55 bits per heavy atom. The molecule has 3 aromatic rings. The monoisotopic (exact) mass is 293 g/mol. The second-order valence-electron chi connectivity index (χ2n) is 5.01. The fourth-order valence-corrected chi connectivity index (χ4v) is 2.26. The number of benzene rings is 2. The van der Waals surface area contributed by atoms with E-state index in [1.54, 1.807) is 37.4 Å². The van der Waals surface area contributed by atoms with Crippen LogP contribution in [0.3, 0.4) is 0 Å². The average molecular weight is 293 g/mol. The van der Waals surface area contributed by atoms with E-state index in [4.69, 9.17) is 0 Å². The maximum Gasteiger partial charge on any atom is 0.275 e. The summed E-state index contributed by atoms with van der Waals surface area (Å²) < 4.78 is 1.21. The number of para-hydroxylation sites is 1. The van der Waals surface area contributed by atoms with E-state index in [9.17, 15) is 9.59 Å². The van der Waals surface area contributed by atoms with Crippen LogP contribution in [0.15, 0.2) is 65.6 Å². The van der Waals surface area contributed by atoms with Crippen LogP contribution < -0.4 is 10.9 Å². The second kappa shape index (κ2) is 5.81. The van der Waals surface area contributed by atoms with Crippen LogP contribution in [0, 0.1) is 0 Å². The Morgan fingerprint density at radius 1 is 1.09 bits per heavy atom. The highest BCUT2D eigenvalue weighted by Crippen LogP contribution is 2.12. The molecule has 1 heterocycles. The summed E-state index contributed by atoms with van der Waals surface area (Å²) in [7, 11) is 0. The van der Waals surface area contributed by atoms with Gasteiger partial charge in [-0.15, -0.1) is 0 Å². The Hall–Kier alpha value is -2.95. The van der Waals surface area contributed by atoms with E-state index in [0.29, 0.717) is 11.1 Å². The summed E-state index contributed by atoms with van der Waals surface area (Å²) in [6.45, 7) is 1.65. The molecule has 22 heavy (non-hydrogen) atoms. The van der Waals surface area contributed by atoms with Gasteiger partial charge in [0.25, 0.3) is 5.56 Å². The van der Waals surface area contributed by atoms with E-state index in [2.05, 4.69) is 10.4 Å². The first-order valence-corrected chi connectivity index (χ1v) is 6.99. The molecule has 110 valence electrons. The molecular formula is C17H15N3O2. The lowest BCUT2D eigenvalue weighted by atomic mass is 10.2. The van der Waals surface area contributed by atoms with Gasteiger partial charge in [-0.05, 0) is 25.1 Å². The molecule has 0 aliphatic carbocycles. The lowest BCUT2D eigenvalue weighted by molar-refractivity contribution is -0.119. The highest BCUT2D eigenvalue weighted by atomic mass is 16.2. The summed E-state index contributed by atoms with van der Waals surface area (Å²) in [5.41, 5.74) is 0.419. The zero-order chi connectivity index (χ0) is 15.5. The lowest BCUT2D eigenvalue weighted by Gasteiger charge is -2.14. The Balaban J connectivity index is 1.92. The van der Waals surface area contributed by atoms with Gasteiger partial charge in [-0.1, -0.05) is 36.4 Å². The number of anilines is 1. The van der Waals surface area contributed by atoms with Crippen LogP contribution in [0.1, 0.15) is 13.0 Å². The summed E-state index contributed by atoms with van der Waals surface area (Å²) in [5, 5.41) is 8.21. The third-order valence-electron chi connectivity index (χ3n) is 3.51. The van der Waals surface area contributed by atoms with Gasteiger partial charge in [-0.3, -0.25) is 9.59 Å². The SMILES string of the molecule is CC(C(=O)Nc1ccccc1)n1ncc2ccccc2c1=O. The van der Waals surface area contributed by atoms with Crippen LogP contribution in [0.4, 0.5) is 5.69 Å². The molecule has 1 aromatic heterocycles. The summed E-state index contributed by atoms with van der Waals surface area (Å²) in [6, 6.07) is 15.6. The number of amides is 1. The number of carbonyl (C=O) groups excluding carboxylic acids is 1. The molecule has 1 atom stereocenters. The third kappa shape index (κ3) is 2.61. The molecule has 0 fully saturated rings. The van der Waals surface area contributed by atoms with Crippen LogP contribution >= 0.6 is 0 Å². The first kappa shape index (κ1) is 14.0. The Kier molecular flexibility index (Phi) is 3.70. The first-order valence-electron chi connectivity index (χ1n) is 6.99. The molecule has 5 heteroatoms. The van der Waals surface area contributed by atoms with Gasteiger partial charge in [0.05, 0.1) is 11.6 Å². The van der Waals surface area contributed by atoms with Crippen molar-refractivity contribution in [3.63, 3.8) is 0 Å². The van der Waals surface area contributed by atoms with Crippen molar-refractivity contribution >= 4 is 22.4 Å². The van der Waals surface area contributed by atoms with Crippen LogP contribution in [-0.4, -0.2) is 15.7 Å². The van der Waals surface area contributed by atoms with Crippen LogP contribution in [-0.2, 0) is 4.79 Å². The molecule has 3 rings (SSSR count). The molecule has 5 nitrogen and oxygen atoms in total. The maximum atomic E-state index is 12.4. The van der Waals surface area contributed by atoms with Crippen molar-refractivity contribution in [3.8, 4) is 0 Å². The zero-order valence-corrected chi connectivity index (χ0v) is 12.1. The quantitative estimate of drug-likeness (QED) is 0.807. The molecule has 1 N–H and O–H groups in total. The predicted octanol–water partition coefficient (Wildman–Crippen LogP) is 2.60. The summed E-state index contributed by atoms with van der Waals surface area (Å²) in [4.78, 5) is 24.7. The van der Waals surface area contributed by atoms with Gasteiger partial charge in [0.15, 0.2) is 0 Å². The zero-order valence-electron chi connectivity index (χ0n) is 12.1. The van der Waals surface area contributed by atoms with Gasteiger partial charge < -0.3 is 5.32 Å². The second-order valence-corrected chi connectivity index (χ2v) is 5.01. The molecule has 0 saturated heterocycles. The molecule has 2 aromatic carbocycles. The smallest absolute Gasteiger partial charge is 0.275 e. The minimum absolute atomic E-state index is 0.270. The van der Waals surface area contributed by atoms with Gasteiger partial charge in [0.2, 0.25) is 5.91 Å². The molecule has 0 bridgehead atoms. The molecule has 0 aliphatic rings. The van der Waals surface area contributed by atoms with Gasteiger partial charge in [0.1, 0.15) is 6.04 Å². The van der Waals surface area contributed by atoms with Crippen molar-refractivity contribution in [2.45, 2.75) is 13.0 Å². The van der Waals surface area contributed by atoms with Crippen molar-refractivity contribution < 1.29 is 4.79 Å². The molecule has 0 aliphatic heterocycles. The third-order valence-corrected chi connectivity index (χ3v) is 3.51. The normalized spacial score (nSPS) is 12.0. The molecular weight excluding hydrogens is 278 g/mol. The lowest BCUT2D eigenvalue weighted by Crippen LogP contribution is -2.33. The number of nitrogens with one attached hydrogen (secondary N) is 1. The van der Waals surface area contributed by atoms with Gasteiger partial charge >= 0.3 is 0 Å². The molecule has 1 unspecified atom stereocenters. The number of aromatic nitrogens is 2. The summed E-state index contributed by atoms with van der Waals surface area (Å²) in [5.74, 6) is -0.281. The minimum atomic E-state index is -0.697. The number of rotatable bonds is 3. The number of carbonyl (C=O) groups is 1. The van der Waals surface area contributed by atoms with E-state index < -0.39 is 6.04 Å². The first-order chi connectivity index (χ1) is 10.7. The molecule has 1 amide bonds. The largest absolute Gasteiger partial charge is 0.324 e. The van der Waals surface area contributed by atoms with Crippen molar-refractivity contribution in [1.29, 1.82) is 0 Å². The number of hydrogen-bond acceptors (Lipinski definition) is 3. The van der Waals surface area contributed by atoms with E-state index >= 15 is 0 Å². The molecule has 0 saturated carbocycles. The van der Waals surface area contributed by atoms with Gasteiger partial charge in [0, 0.05) is 11.1 Å². The number of hydrogen-bond donors (Lipinski definition) is 1. The van der Waals surface area contributed by atoms with Gasteiger partial charge in [-0.2, -0.15) is 5.10 Å². The Morgan fingerprint density at radius 2 is 1.77 bits per heavy atom. The molecule has 0 spiro atoms. The minimum Gasteiger partial charge on any atom is -0.324 e. The van der Waals surface area contributed by atoms with Crippen LogP contribution in [0.2, 0.25) is 0 Å². The highest BCUT2D eigenvalue weighted by Gasteiger charge is 2.18. The van der Waals surface area contributed by atoms with E-state index in [1.165, 1.54) is 4.68 Å². The predicted molar refractivity (Wildman–Crippen MR) is 85.8 cm³/mol. The van der Waals surface area contributed by atoms with E-state index in [1.807, 2.05) is 30.3 Å². The fraction of sp³-hybridized carbons (Fsp3) is 0.118. The van der Waals surface area contributed by atoms with Crippen molar-refractivity contribution in [2.24, 2.45) is 0 Å². The Bertz CT molecular complexity index is 872. The van der Waals surface area contributed by atoms with Crippen molar-refractivity contribution in [1.82, 2.24) is 9.78 Å². The van der Waals surface area contributed by atoms with Crippen LogP contribution in [0.5, 0.6) is 0 Å². The summed E-state index contributed by atoms with van der Waals surface area (Å²) in [6.07, 6.45) is 1.60. The molecule has 0 radical (unpaired) electrons. The Labute approximate surface area is 127 Å². The average Bonchev–Trinajstić information content (AvgIpc) is 2.56. The summed E-state index contributed by atoms with van der Waals surface area (Å²) >= 11 is 0. The van der Waals surface area contributed by atoms with Crippen molar-refractivity contribution in [3.05, 3.63) is 71.1 Å². The standard InChI is InChI=1S/C17H15N3O2/c1-12(16(21)19-14-8-3-2-4-9-14)20-17(22)15-10-6-5-7-13(15)11-18-20/h2-12H,1H3,(H,19,21). The van der Waals surface area contributed by atoms with E-state index in [-0.39, 0.29) is 11.5 Å². The van der Waals surface area contributed by atoms with Gasteiger partial charge in [-0.25, -0.2) is 4.68 Å². The number of nitrogens with zero attached hydrogens (tertiary/aromatic N) is 2. The fourth-order valence-electron chi connectivity index (χ4n) is 2.26. The number of fused-ring (bicyclic) bond motifs is 1. The maximum absolute atomic E-state index is 12.4. The van der Waals surface area contributed by atoms with E-state index in [0.717, 1.165) is 5.39 Å². The topological polar surface area (TPSA) is 64.0 Å². The van der Waals surface area contributed by atoms with Crippen molar-refractivity contribution in [2.75, 3.05) is 5.32 Å². The van der Waals surface area contributed by atoms with Crippen LogP contribution in [0.25, 0.3) is 10.8 Å². The highest BCUT2D eigenvalue weighted by molar-refractivity contribution is 5.93.